The van der Waals surface area contributed by atoms with Gasteiger partial charge in [0.1, 0.15) is 11.5 Å². The van der Waals surface area contributed by atoms with E-state index < -0.39 is 11.2 Å². The number of oxazole rings is 1. The quantitative estimate of drug-likeness (QED) is 0.775. The first-order valence-corrected chi connectivity index (χ1v) is 9.20. The average molecular weight is 355 g/mol. The lowest BCUT2D eigenvalue weighted by Crippen LogP contribution is -2.31. The molecular weight excluding hydrogens is 336 g/mol. The van der Waals surface area contributed by atoms with E-state index in [1.165, 1.54) is 0 Å². The van der Waals surface area contributed by atoms with Crippen LogP contribution in [0.1, 0.15) is 24.8 Å². The predicted molar refractivity (Wildman–Crippen MR) is 91.7 cm³/mol. The third kappa shape index (κ3) is 5.27. The molecule has 0 saturated heterocycles. The van der Waals surface area contributed by atoms with Crippen molar-refractivity contribution in [1.29, 1.82) is 0 Å². The van der Waals surface area contributed by atoms with E-state index in [4.69, 9.17) is 16.0 Å². The predicted octanol–water partition coefficient (Wildman–Crippen LogP) is 3.08. The SMILES string of the molecule is CCCNC(=O)C[S+]([O-])Cc1nc(-c2cccc(Cl)c2)oc1C. The molecule has 1 heterocycles. The largest absolute Gasteiger partial charge is 0.616 e. The second-order valence-corrected chi connectivity index (χ2v) is 7.00. The van der Waals surface area contributed by atoms with E-state index in [-0.39, 0.29) is 17.4 Å². The van der Waals surface area contributed by atoms with Gasteiger partial charge < -0.3 is 14.3 Å². The number of hydrogen-bond acceptors (Lipinski definition) is 4. The molecule has 5 nitrogen and oxygen atoms in total. The maximum absolute atomic E-state index is 12.1. The molecule has 0 saturated carbocycles. The number of amides is 1. The van der Waals surface area contributed by atoms with Crippen molar-refractivity contribution in [3.63, 3.8) is 0 Å². The van der Waals surface area contributed by atoms with Crippen LogP contribution >= 0.6 is 11.6 Å². The molecule has 0 bridgehead atoms. The number of carbonyl (C=O) groups is 1. The van der Waals surface area contributed by atoms with E-state index in [9.17, 15) is 9.35 Å². The number of nitrogens with zero attached hydrogens (tertiary/aromatic N) is 1. The van der Waals surface area contributed by atoms with Gasteiger partial charge in [-0.25, -0.2) is 4.98 Å². The molecule has 0 spiro atoms. The molecule has 23 heavy (non-hydrogen) atoms. The molecule has 0 aliphatic carbocycles. The first-order chi connectivity index (χ1) is 11.0. The van der Waals surface area contributed by atoms with Crippen molar-refractivity contribution in [3.8, 4) is 11.5 Å². The summed E-state index contributed by atoms with van der Waals surface area (Å²) in [5.41, 5.74) is 1.36. The van der Waals surface area contributed by atoms with Gasteiger partial charge in [0, 0.05) is 17.1 Å². The van der Waals surface area contributed by atoms with Crippen LogP contribution in [0.4, 0.5) is 0 Å². The Balaban J connectivity index is 2.02. The second kappa shape index (κ2) is 8.38. The van der Waals surface area contributed by atoms with Gasteiger partial charge in [-0.2, -0.15) is 0 Å². The van der Waals surface area contributed by atoms with Gasteiger partial charge >= 0.3 is 0 Å². The average Bonchev–Trinajstić information content (AvgIpc) is 2.86. The lowest BCUT2D eigenvalue weighted by atomic mass is 10.2. The summed E-state index contributed by atoms with van der Waals surface area (Å²) in [6.45, 7) is 4.33. The maximum atomic E-state index is 12.1. The third-order valence-corrected chi connectivity index (χ3v) is 4.54. The van der Waals surface area contributed by atoms with Crippen LogP contribution in [0.25, 0.3) is 11.5 Å². The number of carbonyl (C=O) groups excluding carboxylic acids is 1. The monoisotopic (exact) mass is 354 g/mol. The minimum atomic E-state index is -1.32. The summed E-state index contributed by atoms with van der Waals surface area (Å²) in [5, 5.41) is 3.30. The molecule has 7 heteroatoms. The molecule has 1 aromatic heterocycles. The Morgan fingerprint density at radius 3 is 2.96 bits per heavy atom. The van der Waals surface area contributed by atoms with Crippen molar-refractivity contribution in [1.82, 2.24) is 10.3 Å². The van der Waals surface area contributed by atoms with E-state index in [1.54, 1.807) is 19.1 Å². The minimum Gasteiger partial charge on any atom is -0.616 e. The molecule has 0 radical (unpaired) electrons. The minimum absolute atomic E-state index is 0.0290. The van der Waals surface area contributed by atoms with Gasteiger partial charge in [0.05, 0.1) is 0 Å². The van der Waals surface area contributed by atoms with Gasteiger partial charge in [0.2, 0.25) is 5.89 Å². The summed E-state index contributed by atoms with van der Waals surface area (Å²) in [5.74, 6) is 0.991. The molecular formula is C16H19ClN2O3S. The van der Waals surface area contributed by atoms with Crippen molar-refractivity contribution in [2.24, 2.45) is 0 Å². The number of halogens is 1. The number of hydrogen-bond donors (Lipinski definition) is 1. The second-order valence-electron chi connectivity index (χ2n) is 5.11. The zero-order valence-electron chi connectivity index (χ0n) is 13.1. The Hall–Kier alpha value is -1.50. The molecule has 1 atom stereocenters. The van der Waals surface area contributed by atoms with Crippen LogP contribution in [0.3, 0.4) is 0 Å². The summed E-state index contributed by atoms with van der Waals surface area (Å²) in [7, 11) is 0. The highest BCUT2D eigenvalue weighted by Crippen LogP contribution is 2.25. The zero-order valence-corrected chi connectivity index (χ0v) is 14.7. The van der Waals surface area contributed by atoms with Gasteiger partial charge in [-0.05, 0) is 42.7 Å². The molecule has 2 aromatic rings. The van der Waals surface area contributed by atoms with Crippen LogP contribution in [0.5, 0.6) is 0 Å². The molecule has 2 rings (SSSR count). The lowest BCUT2D eigenvalue weighted by Gasteiger charge is -2.09. The standard InChI is InChI=1S/C16H19ClN2O3S/c1-3-7-18-15(20)10-23(21)9-14-11(2)22-16(19-14)12-5-4-6-13(17)8-12/h4-6,8H,3,7,9-10H2,1-2H3,(H,18,20). The Morgan fingerprint density at radius 2 is 2.26 bits per heavy atom. The smallest absolute Gasteiger partial charge is 0.269 e. The fourth-order valence-electron chi connectivity index (χ4n) is 1.97. The third-order valence-electron chi connectivity index (χ3n) is 3.13. The molecule has 1 N–H and O–H groups in total. The molecule has 1 unspecified atom stereocenters. The highest BCUT2D eigenvalue weighted by Gasteiger charge is 2.19. The molecule has 1 aromatic carbocycles. The first-order valence-electron chi connectivity index (χ1n) is 7.33. The Morgan fingerprint density at radius 1 is 1.48 bits per heavy atom. The van der Waals surface area contributed by atoms with Crippen molar-refractivity contribution in [2.45, 2.75) is 26.0 Å². The molecule has 0 aliphatic rings. The highest BCUT2D eigenvalue weighted by molar-refractivity contribution is 7.91. The van der Waals surface area contributed by atoms with Crippen LogP contribution in [0, 0.1) is 6.92 Å². The fourth-order valence-corrected chi connectivity index (χ4v) is 3.23. The van der Waals surface area contributed by atoms with E-state index in [1.807, 2.05) is 19.1 Å². The number of benzene rings is 1. The summed E-state index contributed by atoms with van der Waals surface area (Å²) in [6, 6.07) is 7.18. The van der Waals surface area contributed by atoms with Crippen LogP contribution in [0.15, 0.2) is 28.7 Å². The van der Waals surface area contributed by atoms with Gasteiger partial charge in [-0.1, -0.05) is 24.6 Å². The Kier molecular flexibility index (Phi) is 6.50. The molecule has 0 fully saturated rings. The number of aryl methyl sites for hydroxylation is 1. The Bertz CT molecular complexity index is 675. The van der Waals surface area contributed by atoms with Gasteiger partial charge in [-0.3, -0.25) is 4.79 Å². The molecule has 0 aliphatic heterocycles. The summed E-state index contributed by atoms with van der Waals surface area (Å²) < 4.78 is 17.7. The van der Waals surface area contributed by atoms with Crippen molar-refractivity contribution in [3.05, 3.63) is 40.7 Å². The van der Waals surface area contributed by atoms with Crippen molar-refractivity contribution < 1.29 is 13.8 Å². The highest BCUT2D eigenvalue weighted by atomic mass is 35.5. The first kappa shape index (κ1) is 17.8. The van der Waals surface area contributed by atoms with Crippen LogP contribution in [-0.4, -0.2) is 27.7 Å². The molecule has 124 valence electrons. The number of aromatic nitrogens is 1. The van der Waals surface area contributed by atoms with Gasteiger partial charge in [-0.15, -0.1) is 0 Å². The van der Waals surface area contributed by atoms with Crippen molar-refractivity contribution >= 4 is 28.7 Å². The maximum Gasteiger partial charge on any atom is 0.269 e. The van der Waals surface area contributed by atoms with Gasteiger partial charge in [0.25, 0.3) is 5.91 Å². The van der Waals surface area contributed by atoms with E-state index >= 15 is 0 Å². The fraction of sp³-hybridized carbons (Fsp3) is 0.375. The van der Waals surface area contributed by atoms with Crippen molar-refractivity contribution in [2.75, 3.05) is 12.3 Å². The van der Waals surface area contributed by atoms with E-state index in [0.29, 0.717) is 28.9 Å². The number of nitrogens with one attached hydrogen (secondary N) is 1. The summed E-state index contributed by atoms with van der Waals surface area (Å²) in [6.07, 6.45) is 0.851. The van der Waals surface area contributed by atoms with E-state index in [2.05, 4.69) is 10.3 Å². The lowest BCUT2D eigenvalue weighted by molar-refractivity contribution is -0.118. The molecule has 1 amide bonds. The summed E-state index contributed by atoms with van der Waals surface area (Å²) in [4.78, 5) is 16.0. The number of rotatable bonds is 7. The summed E-state index contributed by atoms with van der Waals surface area (Å²) >= 11 is 4.64. The zero-order chi connectivity index (χ0) is 16.8. The normalized spacial score (nSPS) is 12.2. The van der Waals surface area contributed by atoms with Gasteiger partial charge in [0.15, 0.2) is 11.5 Å². The van der Waals surface area contributed by atoms with Crippen LogP contribution < -0.4 is 5.32 Å². The van der Waals surface area contributed by atoms with Crippen LogP contribution in [0.2, 0.25) is 5.02 Å². The Labute approximate surface area is 143 Å². The van der Waals surface area contributed by atoms with E-state index in [0.717, 1.165) is 12.0 Å². The van der Waals surface area contributed by atoms with Crippen LogP contribution in [-0.2, 0) is 21.7 Å². The topological polar surface area (TPSA) is 78.2 Å².